The predicted octanol–water partition coefficient (Wildman–Crippen LogP) is 0.956. The summed E-state index contributed by atoms with van der Waals surface area (Å²) in [5.41, 5.74) is 5.51. The van der Waals surface area contributed by atoms with Crippen LogP contribution < -0.4 is 5.73 Å². The standard InChI is InChI=1S/C12H28N2O2/c1-12(5-4-6-13)11-14(7-9-15-2)8-10-16-3/h12H,4-11,13H2,1-3H3. The van der Waals surface area contributed by atoms with E-state index in [-0.39, 0.29) is 0 Å². The molecule has 0 radical (unpaired) electrons. The van der Waals surface area contributed by atoms with Crippen LogP contribution in [0.3, 0.4) is 0 Å². The van der Waals surface area contributed by atoms with Gasteiger partial charge in [0.15, 0.2) is 0 Å². The molecule has 16 heavy (non-hydrogen) atoms. The van der Waals surface area contributed by atoms with Crippen molar-refractivity contribution in [1.29, 1.82) is 0 Å². The molecule has 0 fully saturated rings. The van der Waals surface area contributed by atoms with Gasteiger partial charge in [-0.15, -0.1) is 0 Å². The predicted molar refractivity (Wildman–Crippen MR) is 67.6 cm³/mol. The molecule has 0 spiro atoms. The second-order valence-electron chi connectivity index (χ2n) is 4.32. The first-order chi connectivity index (χ1) is 7.74. The van der Waals surface area contributed by atoms with Crippen LogP contribution in [-0.4, -0.2) is 58.5 Å². The molecule has 1 atom stereocenters. The first-order valence-corrected chi connectivity index (χ1v) is 6.14. The lowest BCUT2D eigenvalue weighted by atomic mass is 10.1. The Bertz CT molecular complexity index is 137. The van der Waals surface area contributed by atoms with E-state index in [1.165, 1.54) is 6.42 Å². The Labute approximate surface area is 100 Å². The molecule has 0 aliphatic carbocycles. The third-order valence-electron chi connectivity index (χ3n) is 2.69. The van der Waals surface area contributed by atoms with Gasteiger partial charge in [0.05, 0.1) is 13.2 Å². The number of rotatable bonds is 11. The van der Waals surface area contributed by atoms with E-state index in [9.17, 15) is 0 Å². The maximum absolute atomic E-state index is 5.51. The van der Waals surface area contributed by atoms with Crippen molar-refractivity contribution < 1.29 is 9.47 Å². The van der Waals surface area contributed by atoms with Crippen LogP contribution in [0.25, 0.3) is 0 Å². The molecule has 1 unspecified atom stereocenters. The zero-order valence-corrected chi connectivity index (χ0v) is 11.1. The van der Waals surface area contributed by atoms with Crippen LogP contribution in [0.15, 0.2) is 0 Å². The number of hydrogen-bond acceptors (Lipinski definition) is 4. The van der Waals surface area contributed by atoms with Crippen LogP contribution in [0.2, 0.25) is 0 Å². The molecule has 0 aromatic carbocycles. The van der Waals surface area contributed by atoms with Gasteiger partial charge in [0.2, 0.25) is 0 Å². The number of hydrogen-bond donors (Lipinski definition) is 1. The van der Waals surface area contributed by atoms with E-state index < -0.39 is 0 Å². The van der Waals surface area contributed by atoms with Crippen molar-refractivity contribution >= 4 is 0 Å². The van der Waals surface area contributed by atoms with Gasteiger partial charge in [0.1, 0.15) is 0 Å². The van der Waals surface area contributed by atoms with E-state index in [0.717, 1.165) is 45.8 Å². The Kier molecular flexibility index (Phi) is 11.2. The van der Waals surface area contributed by atoms with Gasteiger partial charge >= 0.3 is 0 Å². The molecule has 0 aliphatic heterocycles. The van der Waals surface area contributed by atoms with Crippen molar-refractivity contribution in [2.45, 2.75) is 19.8 Å². The maximum atomic E-state index is 5.51. The summed E-state index contributed by atoms with van der Waals surface area (Å²) in [4.78, 5) is 2.40. The van der Waals surface area contributed by atoms with Gasteiger partial charge in [-0.3, -0.25) is 4.90 Å². The molecule has 2 N–H and O–H groups in total. The van der Waals surface area contributed by atoms with Crippen LogP contribution in [-0.2, 0) is 9.47 Å². The zero-order valence-electron chi connectivity index (χ0n) is 11.1. The highest BCUT2D eigenvalue weighted by molar-refractivity contribution is 4.63. The quantitative estimate of drug-likeness (QED) is 0.576. The second-order valence-corrected chi connectivity index (χ2v) is 4.32. The van der Waals surface area contributed by atoms with Crippen LogP contribution in [0.4, 0.5) is 0 Å². The first-order valence-electron chi connectivity index (χ1n) is 6.14. The number of nitrogens with zero attached hydrogens (tertiary/aromatic N) is 1. The molecular formula is C12H28N2O2. The van der Waals surface area contributed by atoms with Crippen LogP contribution >= 0.6 is 0 Å². The zero-order chi connectivity index (χ0) is 12.2. The Balaban J connectivity index is 3.78. The molecule has 0 heterocycles. The fraction of sp³-hybridized carbons (Fsp3) is 1.00. The normalized spacial score (nSPS) is 13.3. The monoisotopic (exact) mass is 232 g/mol. The van der Waals surface area contributed by atoms with Crippen LogP contribution in [0.1, 0.15) is 19.8 Å². The van der Waals surface area contributed by atoms with Gasteiger partial charge in [-0.05, 0) is 25.3 Å². The Morgan fingerprint density at radius 1 is 1.12 bits per heavy atom. The molecule has 0 aromatic rings. The summed E-state index contributed by atoms with van der Waals surface area (Å²) >= 11 is 0. The van der Waals surface area contributed by atoms with Gasteiger partial charge < -0.3 is 15.2 Å². The highest BCUT2D eigenvalue weighted by Gasteiger charge is 2.09. The number of nitrogens with two attached hydrogens (primary N) is 1. The Morgan fingerprint density at radius 3 is 2.12 bits per heavy atom. The molecule has 4 nitrogen and oxygen atoms in total. The minimum atomic E-state index is 0.692. The third-order valence-corrected chi connectivity index (χ3v) is 2.69. The van der Waals surface area contributed by atoms with Crippen molar-refractivity contribution in [3.05, 3.63) is 0 Å². The van der Waals surface area contributed by atoms with Gasteiger partial charge in [-0.25, -0.2) is 0 Å². The van der Waals surface area contributed by atoms with E-state index in [2.05, 4.69) is 11.8 Å². The number of ether oxygens (including phenoxy) is 2. The van der Waals surface area contributed by atoms with Crippen molar-refractivity contribution in [3.8, 4) is 0 Å². The average Bonchev–Trinajstić information content (AvgIpc) is 2.30. The minimum Gasteiger partial charge on any atom is -0.383 e. The molecule has 0 aliphatic rings. The smallest absolute Gasteiger partial charge is 0.0589 e. The summed E-state index contributed by atoms with van der Waals surface area (Å²) in [6.07, 6.45) is 2.32. The molecule has 0 saturated carbocycles. The molecule has 4 heteroatoms. The molecule has 0 bridgehead atoms. The first kappa shape index (κ1) is 15.8. The third kappa shape index (κ3) is 9.09. The summed E-state index contributed by atoms with van der Waals surface area (Å²) in [5.74, 6) is 0.692. The molecule has 0 aromatic heterocycles. The van der Waals surface area contributed by atoms with E-state index in [1.807, 2.05) is 0 Å². The van der Waals surface area contributed by atoms with E-state index in [4.69, 9.17) is 15.2 Å². The van der Waals surface area contributed by atoms with Crippen molar-refractivity contribution in [2.75, 3.05) is 53.6 Å². The summed E-state index contributed by atoms with van der Waals surface area (Å²) < 4.78 is 10.2. The largest absolute Gasteiger partial charge is 0.383 e. The lowest BCUT2D eigenvalue weighted by molar-refractivity contribution is 0.104. The van der Waals surface area contributed by atoms with E-state index in [1.54, 1.807) is 14.2 Å². The average molecular weight is 232 g/mol. The Hall–Kier alpha value is -0.160. The molecule has 0 saturated heterocycles. The lowest BCUT2D eigenvalue weighted by Gasteiger charge is -2.25. The summed E-state index contributed by atoms with van der Waals surface area (Å²) in [5, 5.41) is 0. The fourth-order valence-corrected chi connectivity index (χ4v) is 1.73. The maximum Gasteiger partial charge on any atom is 0.0589 e. The summed E-state index contributed by atoms with van der Waals surface area (Å²) in [7, 11) is 3.48. The summed E-state index contributed by atoms with van der Waals surface area (Å²) in [6.45, 7) is 7.70. The molecule has 98 valence electrons. The number of methoxy groups -OCH3 is 2. The van der Waals surface area contributed by atoms with E-state index >= 15 is 0 Å². The van der Waals surface area contributed by atoms with Gasteiger partial charge in [-0.2, -0.15) is 0 Å². The molecule has 0 rings (SSSR count). The molecular weight excluding hydrogens is 204 g/mol. The lowest BCUT2D eigenvalue weighted by Crippen LogP contribution is -2.34. The Morgan fingerprint density at radius 2 is 1.69 bits per heavy atom. The highest BCUT2D eigenvalue weighted by atomic mass is 16.5. The second kappa shape index (κ2) is 11.3. The summed E-state index contributed by atoms with van der Waals surface area (Å²) in [6, 6.07) is 0. The highest BCUT2D eigenvalue weighted by Crippen LogP contribution is 2.07. The minimum absolute atomic E-state index is 0.692. The van der Waals surface area contributed by atoms with Crippen molar-refractivity contribution in [1.82, 2.24) is 4.90 Å². The van der Waals surface area contributed by atoms with Crippen LogP contribution in [0, 0.1) is 5.92 Å². The van der Waals surface area contributed by atoms with E-state index in [0.29, 0.717) is 5.92 Å². The SMILES string of the molecule is COCCN(CCOC)CC(C)CCCN. The van der Waals surface area contributed by atoms with Gasteiger partial charge in [-0.1, -0.05) is 6.92 Å². The van der Waals surface area contributed by atoms with Crippen LogP contribution in [0.5, 0.6) is 0 Å². The fourth-order valence-electron chi connectivity index (χ4n) is 1.73. The molecule has 0 amide bonds. The van der Waals surface area contributed by atoms with Crippen molar-refractivity contribution in [3.63, 3.8) is 0 Å². The van der Waals surface area contributed by atoms with Gasteiger partial charge in [0, 0.05) is 33.9 Å². The van der Waals surface area contributed by atoms with Crippen molar-refractivity contribution in [2.24, 2.45) is 11.7 Å². The van der Waals surface area contributed by atoms with Gasteiger partial charge in [0.25, 0.3) is 0 Å². The topological polar surface area (TPSA) is 47.7 Å².